The molecule has 31 heavy (non-hydrogen) atoms. The molecule has 3 aromatic rings. The average Bonchev–Trinajstić information content (AvgIpc) is 2.83. The first-order chi connectivity index (χ1) is 15.2. The van der Waals surface area contributed by atoms with E-state index in [4.69, 9.17) is 4.74 Å². The minimum Gasteiger partial charge on any atom is -0.497 e. The lowest BCUT2D eigenvalue weighted by Crippen LogP contribution is -2.41. The number of pyridine rings is 1. The highest BCUT2D eigenvalue weighted by molar-refractivity contribution is 5.81. The highest BCUT2D eigenvalue weighted by Crippen LogP contribution is 2.22. The van der Waals surface area contributed by atoms with Gasteiger partial charge in [0.2, 0.25) is 0 Å². The fourth-order valence-electron chi connectivity index (χ4n) is 4.83. The standard InChI is InChI=1S/C27H35N3O/c1-3-29(21-25-11-5-10-24-12-6-15-28-27(24)25)19-23-9-7-16-30(20-23)17-14-22-8-4-13-26(18-22)31-2/h4-6,8,10-13,15,18,23H,3,7,9,14,16-17,19-21H2,1-2H3/t23-/m1/s1. The van der Waals surface area contributed by atoms with Crippen molar-refractivity contribution in [1.82, 2.24) is 14.8 Å². The van der Waals surface area contributed by atoms with Crippen molar-refractivity contribution in [2.75, 3.05) is 39.8 Å². The summed E-state index contributed by atoms with van der Waals surface area (Å²) in [7, 11) is 1.74. The molecule has 0 bridgehead atoms. The molecule has 1 fully saturated rings. The number of nitrogens with zero attached hydrogens (tertiary/aromatic N) is 3. The molecule has 0 unspecified atom stereocenters. The van der Waals surface area contributed by atoms with Crippen molar-refractivity contribution in [3.8, 4) is 5.75 Å². The lowest BCUT2D eigenvalue weighted by Gasteiger charge is -2.35. The van der Waals surface area contributed by atoms with Gasteiger partial charge in [0, 0.05) is 37.8 Å². The predicted octanol–water partition coefficient (Wildman–Crippen LogP) is 5.02. The summed E-state index contributed by atoms with van der Waals surface area (Å²) < 4.78 is 5.37. The Hall–Kier alpha value is -2.43. The number of methoxy groups -OCH3 is 1. The maximum atomic E-state index is 5.37. The van der Waals surface area contributed by atoms with Crippen molar-refractivity contribution < 1.29 is 4.74 Å². The summed E-state index contributed by atoms with van der Waals surface area (Å²) in [5.74, 6) is 1.69. The zero-order valence-electron chi connectivity index (χ0n) is 19.0. The second-order valence-electron chi connectivity index (χ2n) is 8.73. The molecule has 2 heterocycles. The first-order valence-electron chi connectivity index (χ1n) is 11.7. The van der Waals surface area contributed by atoms with Crippen molar-refractivity contribution in [1.29, 1.82) is 0 Å². The molecule has 1 aromatic heterocycles. The number of para-hydroxylation sites is 1. The minimum absolute atomic E-state index is 0.738. The second-order valence-corrected chi connectivity index (χ2v) is 8.73. The van der Waals surface area contributed by atoms with E-state index in [-0.39, 0.29) is 0 Å². The molecule has 0 spiro atoms. The van der Waals surface area contributed by atoms with Crippen LogP contribution in [0.5, 0.6) is 5.75 Å². The smallest absolute Gasteiger partial charge is 0.119 e. The number of ether oxygens (including phenoxy) is 1. The fraction of sp³-hybridized carbons (Fsp3) is 0.444. The number of aromatic nitrogens is 1. The van der Waals surface area contributed by atoms with Crippen LogP contribution in [0.4, 0.5) is 0 Å². The first-order valence-corrected chi connectivity index (χ1v) is 11.7. The summed E-state index contributed by atoms with van der Waals surface area (Å²) in [6, 6.07) is 19.2. The van der Waals surface area contributed by atoms with Gasteiger partial charge < -0.3 is 9.64 Å². The van der Waals surface area contributed by atoms with Crippen LogP contribution < -0.4 is 4.74 Å². The summed E-state index contributed by atoms with van der Waals surface area (Å²) in [6.45, 7) is 9.04. The normalized spacial score (nSPS) is 17.3. The van der Waals surface area contributed by atoms with E-state index in [1.54, 1.807) is 7.11 Å². The Morgan fingerprint density at radius 2 is 2.00 bits per heavy atom. The summed E-state index contributed by atoms with van der Waals surface area (Å²) in [5.41, 5.74) is 3.85. The van der Waals surface area contributed by atoms with E-state index >= 15 is 0 Å². The Kier molecular flexibility index (Phi) is 7.55. The molecule has 2 aromatic carbocycles. The molecule has 164 valence electrons. The van der Waals surface area contributed by atoms with Gasteiger partial charge in [-0.15, -0.1) is 0 Å². The van der Waals surface area contributed by atoms with Crippen molar-refractivity contribution >= 4 is 10.9 Å². The van der Waals surface area contributed by atoms with Gasteiger partial charge in [-0.25, -0.2) is 0 Å². The fourth-order valence-corrected chi connectivity index (χ4v) is 4.83. The van der Waals surface area contributed by atoms with Gasteiger partial charge in [-0.2, -0.15) is 0 Å². The van der Waals surface area contributed by atoms with Crippen LogP contribution >= 0.6 is 0 Å². The van der Waals surface area contributed by atoms with Crippen LogP contribution in [0.15, 0.2) is 60.8 Å². The van der Waals surface area contributed by atoms with Crippen LogP contribution in [0, 0.1) is 5.92 Å². The van der Waals surface area contributed by atoms with Gasteiger partial charge in [-0.1, -0.05) is 43.3 Å². The van der Waals surface area contributed by atoms with Crippen LogP contribution in [0.1, 0.15) is 30.9 Å². The first kappa shape index (κ1) is 21.8. The Balaban J connectivity index is 1.33. The summed E-state index contributed by atoms with van der Waals surface area (Å²) in [4.78, 5) is 9.90. The van der Waals surface area contributed by atoms with Gasteiger partial charge in [0.15, 0.2) is 0 Å². The minimum atomic E-state index is 0.738. The molecule has 0 radical (unpaired) electrons. The van der Waals surface area contributed by atoms with E-state index in [9.17, 15) is 0 Å². The van der Waals surface area contributed by atoms with Gasteiger partial charge in [-0.05, 0) is 67.6 Å². The molecule has 1 aliphatic heterocycles. The number of likely N-dealkylation sites (tertiary alicyclic amines) is 1. The second kappa shape index (κ2) is 10.7. The van der Waals surface area contributed by atoms with Crippen LogP contribution in [-0.2, 0) is 13.0 Å². The molecule has 0 aliphatic carbocycles. The Morgan fingerprint density at radius 3 is 2.87 bits per heavy atom. The number of fused-ring (bicyclic) bond motifs is 1. The molecular weight excluding hydrogens is 382 g/mol. The zero-order valence-corrected chi connectivity index (χ0v) is 19.0. The monoisotopic (exact) mass is 417 g/mol. The van der Waals surface area contributed by atoms with Crippen LogP contribution in [-0.4, -0.2) is 54.6 Å². The molecule has 4 nitrogen and oxygen atoms in total. The van der Waals surface area contributed by atoms with Gasteiger partial charge in [0.05, 0.1) is 12.6 Å². The number of hydrogen-bond acceptors (Lipinski definition) is 4. The highest BCUT2D eigenvalue weighted by atomic mass is 16.5. The molecule has 4 heteroatoms. The molecule has 0 saturated carbocycles. The maximum absolute atomic E-state index is 5.37. The Morgan fingerprint density at radius 1 is 1.13 bits per heavy atom. The number of hydrogen-bond donors (Lipinski definition) is 0. The zero-order chi connectivity index (χ0) is 21.5. The van der Waals surface area contributed by atoms with Crippen molar-refractivity contribution in [3.63, 3.8) is 0 Å². The third-order valence-corrected chi connectivity index (χ3v) is 6.53. The summed E-state index contributed by atoms with van der Waals surface area (Å²) in [6.07, 6.45) is 5.63. The quantitative estimate of drug-likeness (QED) is 0.489. The molecular formula is C27H35N3O. The molecule has 1 atom stereocenters. The van der Waals surface area contributed by atoms with Crippen molar-refractivity contribution in [3.05, 3.63) is 71.9 Å². The van der Waals surface area contributed by atoms with Crippen LogP contribution in [0.3, 0.4) is 0 Å². The number of benzene rings is 2. The predicted molar refractivity (Wildman–Crippen MR) is 129 cm³/mol. The SMILES string of the molecule is CCN(Cc1cccc2cccnc12)C[C@H]1CCCN(CCc2cccc(OC)c2)C1. The summed E-state index contributed by atoms with van der Waals surface area (Å²) in [5, 5.41) is 1.23. The van der Waals surface area contributed by atoms with Crippen LogP contribution in [0.2, 0.25) is 0 Å². The lowest BCUT2D eigenvalue weighted by atomic mass is 9.96. The van der Waals surface area contributed by atoms with E-state index in [0.717, 1.165) is 49.8 Å². The molecule has 1 saturated heterocycles. The molecule has 0 N–H and O–H groups in total. The topological polar surface area (TPSA) is 28.6 Å². The van der Waals surface area contributed by atoms with Gasteiger partial charge in [0.1, 0.15) is 5.75 Å². The van der Waals surface area contributed by atoms with E-state index in [1.165, 1.54) is 42.4 Å². The maximum Gasteiger partial charge on any atom is 0.119 e. The molecule has 1 aliphatic rings. The van der Waals surface area contributed by atoms with Gasteiger partial charge in [-0.3, -0.25) is 9.88 Å². The van der Waals surface area contributed by atoms with E-state index in [0.29, 0.717) is 0 Å². The Bertz CT molecular complexity index is 968. The Labute approximate surface area is 186 Å². The summed E-state index contributed by atoms with van der Waals surface area (Å²) >= 11 is 0. The van der Waals surface area contributed by atoms with E-state index in [2.05, 4.69) is 64.2 Å². The van der Waals surface area contributed by atoms with Crippen LogP contribution in [0.25, 0.3) is 10.9 Å². The average molecular weight is 418 g/mol. The molecule has 4 rings (SSSR count). The van der Waals surface area contributed by atoms with Gasteiger partial charge >= 0.3 is 0 Å². The van der Waals surface area contributed by atoms with E-state index in [1.807, 2.05) is 18.3 Å². The van der Waals surface area contributed by atoms with E-state index < -0.39 is 0 Å². The number of piperidine rings is 1. The lowest BCUT2D eigenvalue weighted by molar-refractivity contribution is 0.133. The van der Waals surface area contributed by atoms with Crippen molar-refractivity contribution in [2.45, 2.75) is 32.7 Å². The third-order valence-electron chi connectivity index (χ3n) is 6.53. The highest BCUT2D eigenvalue weighted by Gasteiger charge is 2.22. The third kappa shape index (κ3) is 5.84. The van der Waals surface area contributed by atoms with Gasteiger partial charge in [0.25, 0.3) is 0 Å². The largest absolute Gasteiger partial charge is 0.497 e. The number of rotatable bonds is 9. The molecule has 0 amide bonds. The van der Waals surface area contributed by atoms with Crippen molar-refractivity contribution in [2.24, 2.45) is 5.92 Å².